The third-order valence-corrected chi connectivity index (χ3v) is 4.67. The highest BCUT2D eigenvalue weighted by Crippen LogP contribution is 2.37. The first kappa shape index (κ1) is 11.0. The van der Waals surface area contributed by atoms with Gasteiger partial charge in [0.25, 0.3) is 0 Å². The lowest BCUT2D eigenvalue weighted by molar-refractivity contribution is 0.520. The van der Waals surface area contributed by atoms with Gasteiger partial charge in [-0.15, -0.1) is 0 Å². The molecular formula is C13H17N3S. The fourth-order valence-electron chi connectivity index (χ4n) is 2.70. The zero-order chi connectivity index (χ0) is 11.8. The molecule has 3 nitrogen and oxygen atoms in total. The number of hydrogen-bond acceptors (Lipinski definition) is 4. The van der Waals surface area contributed by atoms with Crippen LogP contribution in [0.1, 0.15) is 13.3 Å². The van der Waals surface area contributed by atoms with Crippen LogP contribution < -0.4 is 10.6 Å². The van der Waals surface area contributed by atoms with Gasteiger partial charge in [0.2, 0.25) is 0 Å². The van der Waals surface area contributed by atoms with E-state index in [9.17, 15) is 0 Å². The third-order valence-electron chi connectivity index (χ3n) is 3.75. The molecule has 1 fully saturated rings. The Morgan fingerprint density at radius 3 is 3.12 bits per heavy atom. The second-order valence-electron chi connectivity index (χ2n) is 4.77. The molecular weight excluding hydrogens is 230 g/mol. The lowest BCUT2D eigenvalue weighted by Gasteiger charge is -2.26. The molecule has 0 saturated carbocycles. The molecule has 1 aromatic carbocycles. The molecule has 0 aliphatic carbocycles. The van der Waals surface area contributed by atoms with E-state index in [-0.39, 0.29) is 0 Å². The van der Waals surface area contributed by atoms with Crippen LogP contribution in [0.3, 0.4) is 0 Å². The topological polar surface area (TPSA) is 42.2 Å². The average Bonchev–Trinajstić information content (AvgIpc) is 2.92. The van der Waals surface area contributed by atoms with Gasteiger partial charge in [-0.25, -0.2) is 0 Å². The highest BCUT2D eigenvalue weighted by atomic mass is 32.1. The summed E-state index contributed by atoms with van der Waals surface area (Å²) in [6, 6.07) is 8.83. The number of benzene rings is 1. The molecule has 0 radical (unpaired) electrons. The van der Waals surface area contributed by atoms with Crippen LogP contribution in [0, 0.1) is 5.92 Å². The van der Waals surface area contributed by atoms with Crippen molar-refractivity contribution in [3.63, 3.8) is 0 Å². The van der Waals surface area contributed by atoms with Crippen LogP contribution in [-0.2, 0) is 0 Å². The van der Waals surface area contributed by atoms with Gasteiger partial charge in [0.1, 0.15) is 5.00 Å². The average molecular weight is 247 g/mol. The summed E-state index contributed by atoms with van der Waals surface area (Å²) in [4.78, 5) is 2.45. The standard InChI is InChI=1S/C13H17N3S/c1-9-6-7-16(12(9)8-14)13-10-4-2-3-5-11(10)15-17-13/h2-5,9,12H,6-8,14H2,1H3. The fraction of sp³-hybridized carbons (Fsp3) is 0.462. The van der Waals surface area contributed by atoms with Gasteiger partial charge in [0.15, 0.2) is 0 Å². The van der Waals surface area contributed by atoms with Crippen molar-refractivity contribution in [3.05, 3.63) is 24.3 Å². The summed E-state index contributed by atoms with van der Waals surface area (Å²) < 4.78 is 4.52. The summed E-state index contributed by atoms with van der Waals surface area (Å²) in [6.07, 6.45) is 1.23. The van der Waals surface area contributed by atoms with Crippen molar-refractivity contribution in [2.24, 2.45) is 11.7 Å². The van der Waals surface area contributed by atoms with Gasteiger partial charge in [0.05, 0.1) is 5.52 Å². The van der Waals surface area contributed by atoms with Gasteiger partial charge in [-0.2, -0.15) is 4.37 Å². The summed E-state index contributed by atoms with van der Waals surface area (Å²) >= 11 is 1.60. The van der Waals surface area contributed by atoms with Crippen molar-refractivity contribution in [1.82, 2.24) is 4.37 Å². The van der Waals surface area contributed by atoms with Gasteiger partial charge >= 0.3 is 0 Å². The highest BCUT2D eigenvalue weighted by molar-refractivity contribution is 7.11. The van der Waals surface area contributed by atoms with E-state index in [2.05, 4.69) is 34.4 Å². The van der Waals surface area contributed by atoms with Gasteiger partial charge in [-0.1, -0.05) is 19.1 Å². The molecule has 4 heteroatoms. The number of aromatic nitrogens is 1. The molecule has 0 spiro atoms. The van der Waals surface area contributed by atoms with Crippen LogP contribution in [0.25, 0.3) is 10.9 Å². The minimum atomic E-state index is 0.471. The van der Waals surface area contributed by atoms with E-state index in [0.717, 1.165) is 18.6 Å². The van der Waals surface area contributed by atoms with Crippen molar-refractivity contribution in [1.29, 1.82) is 0 Å². The van der Waals surface area contributed by atoms with E-state index in [0.29, 0.717) is 12.0 Å². The zero-order valence-electron chi connectivity index (χ0n) is 9.97. The molecule has 1 saturated heterocycles. The third kappa shape index (κ3) is 1.72. The fourth-order valence-corrected chi connectivity index (χ4v) is 3.65. The normalized spacial score (nSPS) is 24.7. The monoisotopic (exact) mass is 247 g/mol. The predicted molar refractivity (Wildman–Crippen MR) is 73.6 cm³/mol. The van der Waals surface area contributed by atoms with Gasteiger partial charge < -0.3 is 10.6 Å². The van der Waals surface area contributed by atoms with E-state index in [1.165, 1.54) is 16.8 Å². The van der Waals surface area contributed by atoms with Crippen molar-refractivity contribution < 1.29 is 0 Å². The Hall–Kier alpha value is -1.13. The second-order valence-corrected chi connectivity index (χ2v) is 5.52. The minimum Gasteiger partial charge on any atom is -0.357 e. The Bertz CT molecular complexity index is 522. The quantitative estimate of drug-likeness (QED) is 0.886. The summed E-state index contributed by atoms with van der Waals surface area (Å²) in [5.41, 5.74) is 7.01. The van der Waals surface area contributed by atoms with Crippen molar-refractivity contribution >= 4 is 27.4 Å². The maximum Gasteiger partial charge on any atom is 0.120 e. The van der Waals surface area contributed by atoms with E-state index in [1.54, 1.807) is 11.5 Å². The van der Waals surface area contributed by atoms with E-state index >= 15 is 0 Å². The number of fused-ring (bicyclic) bond motifs is 1. The summed E-state index contributed by atoms with van der Waals surface area (Å²) in [6.45, 7) is 4.13. The molecule has 2 heterocycles. The molecule has 1 aliphatic heterocycles. The Balaban J connectivity index is 2.04. The molecule has 2 aromatic rings. The Morgan fingerprint density at radius 2 is 2.29 bits per heavy atom. The smallest absolute Gasteiger partial charge is 0.120 e. The first-order chi connectivity index (χ1) is 8.31. The molecule has 2 N–H and O–H groups in total. The minimum absolute atomic E-state index is 0.471. The molecule has 1 aromatic heterocycles. The van der Waals surface area contributed by atoms with Crippen molar-refractivity contribution in [2.45, 2.75) is 19.4 Å². The lowest BCUT2D eigenvalue weighted by atomic mass is 10.0. The van der Waals surface area contributed by atoms with Crippen LogP contribution in [0.2, 0.25) is 0 Å². The molecule has 0 amide bonds. The molecule has 3 rings (SSSR count). The van der Waals surface area contributed by atoms with E-state index in [1.807, 2.05) is 6.07 Å². The molecule has 1 aliphatic rings. The predicted octanol–water partition coefficient (Wildman–Crippen LogP) is 2.47. The lowest BCUT2D eigenvalue weighted by Crippen LogP contribution is -2.38. The van der Waals surface area contributed by atoms with E-state index in [4.69, 9.17) is 5.73 Å². The summed E-state index contributed by atoms with van der Waals surface area (Å²) in [7, 11) is 0. The number of anilines is 1. The van der Waals surface area contributed by atoms with E-state index < -0.39 is 0 Å². The van der Waals surface area contributed by atoms with Crippen LogP contribution in [-0.4, -0.2) is 23.5 Å². The van der Waals surface area contributed by atoms with Crippen LogP contribution in [0.5, 0.6) is 0 Å². The van der Waals surface area contributed by atoms with Crippen LogP contribution in [0.15, 0.2) is 24.3 Å². The Morgan fingerprint density at radius 1 is 1.47 bits per heavy atom. The number of nitrogens with zero attached hydrogens (tertiary/aromatic N) is 2. The first-order valence-electron chi connectivity index (χ1n) is 6.12. The molecule has 0 bridgehead atoms. The van der Waals surface area contributed by atoms with Gasteiger partial charge in [-0.05, 0) is 36.0 Å². The molecule has 17 heavy (non-hydrogen) atoms. The molecule has 90 valence electrons. The van der Waals surface area contributed by atoms with Crippen molar-refractivity contribution in [3.8, 4) is 0 Å². The number of nitrogens with two attached hydrogens (primary N) is 1. The van der Waals surface area contributed by atoms with Crippen LogP contribution in [0.4, 0.5) is 5.00 Å². The molecule has 2 atom stereocenters. The Kier molecular flexibility index (Phi) is 2.76. The SMILES string of the molecule is CC1CCN(c2snc3ccccc23)C1CN. The highest BCUT2D eigenvalue weighted by Gasteiger charge is 2.31. The largest absolute Gasteiger partial charge is 0.357 e. The number of hydrogen-bond donors (Lipinski definition) is 1. The molecule has 2 unspecified atom stereocenters. The maximum atomic E-state index is 5.91. The summed E-state index contributed by atoms with van der Waals surface area (Å²) in [5.74, 6) is 0.681. The zero-order valence-corrected chi connectivity index (χ0v) is 10.8. The maximum absolute atomic E-state index is 5.91. The van der Waals surface area contributed by atoms with Gasteiger partial charge in [-0.3, -0.25) is 0 Å². The second kappa shape index (κ2) is 4.27. The van der Waals surface area contributed by atoms with Crippen molar-refractivity contribution in [2.75, 3.05) is 18.0 Å². The summed E-state index contributed by atoms with van der Waals surface area (Å²) in [5, 5.41) is 2.56. The van der Waals surface area contributed by atoms with Crippen LogP contribution >= 0.6 is 11.5 Å². The van der Waals surface area contributed by atoms with Gasteiger partial charge in [0, 0.05) is 24.5 Å². The Labute approximate surface area is 105 Å². The number of rotatable bonds is 2. The first-order valence-corrected chi connectivity index (χ1v) is 6.89.